The summed E-state index contributed by atoms with van der Waals surface area (Å²) in [5, 5.41) is 14.4. The number of carbonyl (C=O) groups excluding carboxylic acids is 2. The van der Waals surface area contributed by atoms with Gasteiger partial charge in [-0.05, 0) is 31.0 Å². The number of anilines is 3. The maximum absolute atomic E-state index is 13.6. The zero-order chi connectivity index (χ0) is 23.0. The van der Waals surface area contributed by atoms with Gasteiger partial charge in [0.15, 0.2) is 0 Å². The standard InChI is InChI=1S/C24H27N5O4/c30-22(17-26-13-15-27(16-14-26)20-9-3-4-10-21(20)29(32)33)28-19-8-2-1-7-18(19)25-23(31)24(28)11-5-6-12-24/h1-4,7-10H,5-6,11-17H2,(H,25,31). The van der Waals surface area contributed by atoms with E-state index in [1.54, 1.807) is 23.1 Å². The molecule has 0 atom stereocenters. The predicted octanol–water partition coefficient (Wildman–Crippen LogP) is 3.01. The van der Waals surface area contributed by atoms with Gasteiger partial charge in [-0.15, -0.1) is 0 Å². The molecule has 2 fully saturated rings. The SMILES string of the molecule is O=C(CN1CCN(c2ccccc2[N+](=O)[O-])CC1)N1c2ccccc2NC(=O)C12CCCC2. The molecule has 5 rings (SSSR count). The van der Waals surface area contributed by atoms with Crippen molar-refractivity contribution >= 4 is 34.6 Å². The van der Waals surface area contributed by atoms with E-state index in [9.17, 15) is 19.7 Å². The molecule has 9 heteroatoms. The molecule has 0 radical (unpaired) electrons. The second-order valence-corrected chi connectivity index (χ2v) is 8.95. The van der Waals surface area contributed by atoms with Gasteiger partial charge in [-0.2, -0.15) is 0 Å². The van der Waals surface area contributed by atoms with Crippen LogP contribution in [0.2, 0.25) is 0 Å². The number of carbonyl (C=O) groups is 2. The van der Waals surface area contributed by atoms with Gasteiger partial charge in [-0.25, -0.2) is 0 Å². The van der Waals surface area contributed by atoms with Gasteiger partial charge in [0.2, 0.25) is 5.91 Å². The van der Waals surface area contributed by atoms with Crippen LogP contribution in [0, 0.1) is 10.1 Å². The molecule has 1 spiro atoms. The predicted molar refractivity (Wildman–Crippen MR) is 126 cm³/mol. The van der Waals surface area contributed by atoms with Gasteiger partial charge in [0.1, 0.15) is 11.2 Å². The number of nitrogens with one attached hydrogen (secondary N) is 1. The lowest BCUT2D eigenvalue weighted by atomic mass is 9.89. The van der Waals surface area contributed by atoms with Crippen LogP contribution in [0.3, 0.4) is 0 Å². The molecule has 1 N–H and O–H groups in total. The summed E-state index contributed by atoms with van der Waals surface area (Å²) >= 11 is 0. The normalized spacial score (nSPS) is 19.9. The first-order valence-corrected chi connectivity index (χ1v) is 11.4. The van der Waals surface area contributed by atoms with Gasteiger partial charge >= 0.3 is 0 Å². The second kappa shape index (κ2) is 8.47. The van der Waals surface area contributed by atoms with E-state index >= 15 is 0 Å². The van der Waals surface area contributed by atoms with Crippen molar-refractivity contribution in [1.82, 2.24) is 4.90 Å². The molecular weight excluding hydrogens is 422 g/mol. The van der Waals surface area contributed by atoms with Crippen molar-refractivity contribution < 1.29 is 14.5 Å². The molecule has 2 heterocycles. The topological polar surface area (TPSA) is 99.0 Å². The summed E-state index contributed by atoms with van der Waals surface area (Å²) in [6, 6.07) is 14.2. The van der Waals surface area contributed by atoms with Crippen LogP contribution in [0.15, 0.2) is 48.5 Å². The van der Waals surface area contributed by atoms with Gasteiger partial charge in [0, 0.05) is 32.2 Å². The first kappa shape index (κ1) is 21.4. The third-order valence-electron chi connectivity index (χ3n) is 7.07. The van der Waals surface area contributed by atoms with Crippen molar-refractivity contribution in [2.24, 2.45) is 0 Å². The van der Waals surface area contributed by atoms with E-state index in [4.69, 9.17) is 0 Å². The lowest BCUT2D eigenvalue weighted by Crippen LogP contribution is -2.62. The number of benzene rings is 2. The molecule has 2 aliphatic heterocycles. The second-order valence-electron chi connectivity index (χ2n) is 8.95. The fourth-order valence-corrected chi connectivity index (χ4v) is 5.42. The molecule has 1 saturated heterocycles. The highest BCUT2D eigenvalue weighted by molar-refractivity contribution is 6.15. The van der Waals surface area contributed by atoms with Crippen LogP contribution in [-0.4, -0.2) is 59.9 Å². The fraction of sp³-hybridized carbons (Fsp3) is 0.417. The molecule has 0 aromatic heterocycles. The molecule has 9 nitrogen and oxygen atoms in total. The van der Waals surface area contributed by atoms with Crippen molar-refractivity contribution in [1.29, 1.82) is 0 Å². The fourth-order valence-electron chi connectivity index (χ4n) is 5.42. The molecule has 2 aromatic carbocycles. The molecular formula is C24H27N5O4. The highest BCUT2D eigenvalue weighted by Crippen LogP contribution is 2.45. The third-order valence-corrected chi connectivity index (χ3v) is 7.07. The molecule has 33 heavy (non-hydrogen) atoms. The Labute approximate surface area is 192 Å². The highest BCUT2D eigenvalue weighted by atomic mass is 16.6. The summed E-state index contributed by atoms with van der Waals surface area (Å²) in [6.07, 6.45) is 3.19. The number of fused-ring (bicyclic) bond motifs is 1. The van der Waals surface area contributed by atoms with Crippen molar-refractivity contribution in [2.45, 2.75) is 31.2 Å². The lowest BCUT2D eigenvalue weighted by Gasteiger charge is -2.45. The minimum absolute atomic E-state index is 0.0710. The number of para-hydroxylation sites is 4. The first-order chi connectivity index (χ1) is 16.0. The van der Waals surface area contributed by atoms with Crippen molar-refractivity contribution in [2.75, 3.05) is 47.8 Å². The Hall–Kier alpha value is -3.46. The molecule has 1 aliphatic carbocycles. The molecule has 0 unspecified atom stereocenters. The Balaban J connectivity index is 1.32. The molecule has 3 aliphatic rings. The van der Waals surface area contributed by atoms with Crippen LogP contribution in [0.25, 0.3) is 0 Å². The van der Waals surface area contributed by atoms with E-state index in [0.717, 1.165) is 18.5 Å². The highest BCUT2D eigenvalue weighted by Gasteiger charge is 2.52. The average Bonchev–Trinajstić information content (AvgIpc) is 3.31. The van der Waals surface area contributed by atoms with E-state index < -0.39 is 5.54 Å². The van der Waals surface area contributed by atoms with Crippen molar-refractivity contribution in [3.63, 3.8) is 0 Å². The summed E-state index contributed by atoms with van der Waals surface area (Å²) in [7, 11) is 0. The summed E-state index contributed by atoms with van der Waals surface area (Å²) in [5.74, 6) is -0.161. The Bertz CT molecular complexity index is 1090. The number of piperazine rings is 1. The molecule has 0 bridgehead atoms. The summed E-state index contributed by atoms with van der Waals surface area (Å²) in [4.78, 5) is 43.6. The summed E-state index contributed by atoms with van der Waals surface area (Å²) in [5.41, 5.74) is 1.34. The zero-order valence-electron chi connectivity index (χ0n) is 18.4. The van der Waals surface area contributed by atoms with E-state index in [-0.39, 0.29) is 29.0 Å². The number of nitro benzene ring substituents is 1. The number of rotatable bonds is 4. The Morgan fingerprint density at radius 3 is 2.30 bits per heavy atom. The minimum Gasteiger partial charge on any atom is -0.363 e. The monoisotopic (exact) mass is 449 g/mol. The van der Waals surface area contributed by atoms with E-state index in [1.807, 2.05) is 29.2 Å². The minimum atomic E-state index is -0.808. The Kier molecular flexibility index (Phi) is 5.49. The number of nitro groups is 1. The molecule has 1 saturated carbocycles. The summed E-state index contributed by atoms with van der Waals surface area (Å²) in [6.45, 7) is 2.65. The Morgan fingerprint density at radius 2 is 1.61 bits per heavy atom. The molecule has 2 aromatic rings. The number of hydrogen-bond acceptors (Lipinski definition) is 6. The maximum Gasteiger partial charge on any atom is 0.292 e. The number of amides is 2. The van der Waals surface area contributed by atoms with Crippen LogP contribution < -0.4 is 15.1 Å². The van der Waals surface area contributed by atoms with Crippen LogP contribution in [0.5, 0.6) is 0 Å². The number of hydrogen-bond donors (Lipinski definition) is 1. The van der Waals surface area contributed by atoms with E-state index in [1.165, 1.54) is 6.07 Å². The van der Waals surface area contributed by atoms with Crippen molar-refractivity contribution in [3.05, 3.63) is 58.6 Å². The summed E-state index contributed by atoms with van der Waals surface area (Å²) < 4.78 is 0. The van der Waals surface area contributed by atoms with Crippen LogP contribution in [0.1, 0.15) is 25.7 Å². The van der Waals surface area contributed by atoms with Crippen LogP contribution in [0.4, 0.5) is 22.7 Å². The van der Waals surface area contributed by atoms with Gasteiger partial charge in [0.25, 0.3) is 11.6 Å². The van der Waals surface area contributed by atoms with Gasteiger partial charge in [-0.3, -0.25) is 29.5 Å². The van der Waals surface area contributed by atoms with Crippen LogP contribution in [-0.2, 0) is 9.59 Å². The quantitative estimate of drug-likeness (QED) is 0.569. The van der Waals surface area contributed by atoms with E-state index in [0.29, 0.717) is 50.4 Å². The van der Waals surface area contributed by atoms with Crippen LogP contribution >= 0.6 is 0 Å². The largest absolute Gasteiger partial charge is 0.363 e. The number of nitrogens with zero attached hydrogens (tertiary/aromatic N) is 4. The van der Waals surface area contributed by atoms with E-state index in [2.05, 4.69) is 10.2 Å². The molecule has 2 amide bonds. The average molecular weight is 450 g/mol. The van der Waals surface area contributed by atoms with Gasteiger partial charge in [-0.1, -0.05) is 37.1 Å². The maximum atomic E-state index is 13.6. The van der Waals surface area contributed by atoms with Gasteiger partial charge < -0.3 is 10.2 Å². The van der Waals surface area contributed by atoms with Crippen molar-refractivity contribution in [3.8, 4) is 0 Å². The zero-order valence-corrected chi connectivity index (χ0v) is 18.4. The Morgan fingerprint density at radius 1 is 0.970 bits per heavy atom. The smallest absolute Gasteiger partial charge is 0.292 e. The molecule has 172 valence electrons. The lowest BCUT2D eigenvalue weighted by molar-refractivity contribution is -0.384. The first-order valence-electron chi connectivity index (χ1n) is 11.4. The third kappa shape index (κ3) is 3.72. The van der Waals surface area contributed by atoms with Gasteiger partial charge in [0.05, 0.1) is 22.8 Å².